The molecule has 0 unspecified atom stereocenters. The van der Waals surface area contributed by atoms with Crippen molar-refractivity contribution in [3.05, 3.63) is 45.7 Å². The van der Waals surface area contributed by atoms with E-state index < -0.39 is 5.91 Å². The van der Waals surface area contributed by atoms with E-state index in [4.69, 9.17) is 11.5 Å². The first-order valence-electron chi connectivity index (χ1n) is 5.15. The molecule has 0 saturated heterocycles. The molecule has 0 aliphatic heterocycles. The van der Waals surface area contributed by atoms with Crippen molar-refractivity contribution < 1.29 is 4.79 Å². The van der Waals surface area contributed by atoms with E-state index in [1.54, 1.807) is 6.07 Å². The van der Waals surface area contributed by atoms with Crippen molar-refractivity contribution in [1.82, 2.24) is 4.98 Å². The highest BCUT2D eigenvalue weighted by Gasteiger charge is 2.07. The van der Waals surface area contributed by atoms with Crippen LogP contribution in [0.25, 0.3) is 0 Å². The van der Waals surface area contributed by atoms with E-state index >= 15 is 0 Å². The van der Waals surface area contributed by atoms with Crippen molar-refractivity contribution in [1.29, 1.82) is 0 Å². The number of amides is 1. The van der Waals surface area contributed by atoms with E-state index in [-0.39, 0.29) is 5.69 Å². The van der Waals surface area contributed by atoms with Crippen LogP contribution in [0, 0.1) is 3.57 Å². The Morgan fingerprint density at radius 1 is 1.28 bits per heavy atom. The van der Waals surface area contributed by atoms with Gasteiger partial charge < -0.3 is 16.8 Å². The first kappa shape index (κ1) is 12.6. The Labute approximate surface area is 118 Å². The zero-order chi connectivity index (χ0) is 13.1. The first-order chi connectivity index (χ1) is 8.56. The number of nitrogens with one attached hydrogen (secondary N) is 1. The molecule has 0 aliphatic rings. The van der Waals surface area contributed by atoms with E-state index in [0.29, 0.717) is 11.5 Å². The lowest BCUT2D eigenvalue weighted by Crippen LogP contribution is -2.14. The number of benzene rings is 1. The fraction of sp³-hybridized carbons (Fsp3) is 0. The summed E-state index contributed by atoms with van der Waals surface area (Å²) in [5, 5.41) is 3.06. The molecule has 0 aliphatic carbocycles. The summed E-state index contributed by atoms with van der Waals surface area (Å²) in [6, 6.07) is 10.8. The lowest BCUT2D eigenvalue weighted by molar-refractivity contribution is 0.0996. The third kappa shape index (κ3) is 2.89. The minimum atomic E-state index is -0.583. The minimum absolute atomic E-state index is 0.178. The molecule has 5 nitrogen and oxygen atoms in total. The third-order valence-corrected chi connectivity index (χ3v) is 2.94. The van der Waals surface area contributed by atoms with Gasteiger partial charge in [-0.25, -0.2) is 4.98 Å². The van der Waals surface area contributed by atoms with Gasteiger partial charge in [0.25, 0.3) is 5.91 Å². The van der Waals surface area contributed by atoms with Gasteiger partial charge in [0.2, 0.25) is 0 Å². The van der Waals surface area contributed by atoms with E-state index in [2.05, 4.69) is 32.9 Å². The van der Waals surface area contributed by atoms with Crippen LogP contribution in [0.4, 0.5) is 17.2 Å². The Kier molecular flexibility index (Phi) is 3.66. The van der Waals surface area contributed by atoms with Gasteiger partial charge in [-0.3, -0.25) is 4.79 Å². The molecular weight excluding hydrogens is 343 g/mol. The number of rotatable bonds is 3. The molecule has 0 fully saturated rings. The lowest BCUT2D eigenvalue weighted by Gasteiger charge is -2.09. The van der Waals surface area contributed by atoms with Gasteiger partial charge in [0.1, 0.15) is 5.69 Å². The largest absolute Gasteiger partial charge is 0.396 e. The van der Waals surface area contributed by atoms with Gasteiger partial charge in [-0.2, -0.15) is 0 Å². The fourth-order valence-corrected chi connectivity index (χ4v) is 1.95. The fourth-order valence-electron chi connectivity index (χ4n) is 1.41. The van der Waals surface area contributed by atoms with Gasteiger partial charge in [0, 0.05) is 9.26 Å². The zero-order valence-electron chi connectivity index (χ0n) is 9.35. The predicted octanol–water partition coefficient (Wildman–Crippen LogP) is 2.11. The summed E-state index contributed by atoms with van der Waals surface area (Å²) in [7, 11) is 0. The van der Waals surface area contributed by atoms with E-state index in [9.17, 15) is 4.79 Å². The number of anilines is 3. The van der Waals surface area contributed by atoms with Crippen molar-refractivity contribution >= 4 is 45.7 Å². The van der Waals surface area contributed by atoms with Crippen LogP contribution in [0.2, 0.25) is 0 Å². The zero-order valence-corrected chi connectivity index (χ0v) is 11.5. The van der Waals surface area contributed by atoms with Crippen LogP contribution in [0.5, 0.6) is 0 Å². The maximum absolute atomic E-state index is 11.1. The Morgan fingerprint density at radius 3 is 2.72 bits per heavy atom. The van der Waals surface area contributed by atoms with Crippen molar-refractivity contribution in [2.45, 2.75) is 0 Å². The van der Waals surface area contributed by atoms with E-state index in [1.807, 2.05) is 24.3 Å². The van der Waals surface area contributed by atoms with Crippen molar-refractivity contribution in [2.24, 2.45) is 5.73 Å². The summed E-state index contributed by atoms with van der Waals surface area (Å²) < 4.78 is 1.09. The number of hydrogen-bond donors (Lipinski definition) is 3. The summed E-state index contributed by atoms with van der Waals surface area (Å²) in [4.78, 5) is 15.1. The predicted molar refractivity (Wildman–Crippen MR) is 79.6 cm³/mol. The molecule has 0 spiro atoms. The number of halogens is 1. The highest BCUT2D eigenvalue weighted by molar-refractivity contribution is 14.1. The van der Waals surface area contributed by atoms with Gasteiger partial charge in [0.05, 0.1) is 5.69 Å². The highest BCUT2D eigenvalue weighted by Crippen LogP contribution is 2.22. The molecule has 6 heteroatoms. The summed E-state index contributed by atoms with van der Waals surface area (Å²) in [5.74, 6) is -0.158. The molecule has 1 aromatic carbocycles. The molecule has 92 valence electrons. The van der Waals surface area contributed by atoms with Crippen LogP contribution in [-0.2, 0) is 0 Å². The number of primary amides is 1. The molecule has 18 heavy (non-hydrogen) atoms. The molecule has 0 atom stereocenters. The lowest BCUT2D eigenvalue weighted by atomic mass is 10.3. The van der Waals surface area contributed by atoms with Gasteiger partial charge in [-0.1, -0.05) is 6.07 Å². The monoisotopic (exact) mass is 354 g/mol. The maximum Gasteiger partial charge on any atom is 0.267 e. The number of nitrogens with two attached hydrogens (primary N) is 2. The van der Waals surface area contributed by atoms with Crippen LogP contribution >= 0.6 is 22.6 Å². The molecule has 1 aromatic heterocycles. The van der Waals surface area contributed by atoms with Crippen LogP contribution in [0.3, 0.4) is 0 Å². The highest BCUT2D eigenvalue weighted by atomic mass is 127. The normalized spacial score (nSPS) is 10.1. The molecule has 0 radical (unpaired) electrons. The number of nitrogen functional groups attached to an aromatic ring is 1. The number of nitrogens with zero attached hydrogens (tertiary/aromatic N) is 1. The summed E-state index contributed by atoms with van der Waals surface area (Å²) in [5.41, 5.74) is 12.5. The second-order valence-electron chi connectivity index (χ2n) is 3.63. The van der Waals surface area contributed by atoms with Crippen LogP contribution in [0.15, 0.2) is 36.4 Å². The first-order valence-corrected chi connectivity index (χ1v) is 6.23. The Balaban J connectivity index is 2.33. The van der Waals surface area contributed by atoms with Crippen LogP contribution < -0.4 is 16.8 Å². The van der Waals surface area contributed by atoms with Gasteiger partial charge in [-0.05, 0) is 52.9 Å². The molecule has 0 bridgehead atoms. The number of carbonyl (C=O) groups excluding carboxylic acids is 1. The summed E-state index contributed by atoms with van der Waals surface area (Å²) in [6.07, 6.45) is 0. The van der Waals surface area contributed by atoms with E-state index in [1.165, 1.54) is 6.07 Å². The second-order valence-corrected chi connectivity index (χ2v) is 4.88. The van der Waals surface area contributed by atoms with Crippen LogP contribution in [-0.4, -0.2) is 10.9 Å². The summed E-state index contributed by atoms with van der Waals surface area (Å²) in [6.45, 7) is 0. The maximum atomic E-state index is 11.1. The minimum Gasteiger partial charge on any atom is -0.396 e. The number of pyridine rings is 1. The second kappa shape index (κ2) is 5.21. The van der Waals surface area contributed by atoms with Crippen molar-refractivity contribution in [2.75, 3.05) is 11.1 Å². The molecule has 1 heterocycles. The molecule has 2 aromatic rings. The Bertz CT molecular complexity index is 600. The Morgan fingerprint density at radius 2 is 2.06 bits per heavy atom. The Hall–Kier alpha value is -1.83. The molecule has 1 amide bonds. The third-order valence-electron chi connectivity index (χ3n) is 2.27. The molecule has 0 saturated carbocycles. The molecular formula is C12H11IN4O. The number of carbonyl (C=O) groups is 1. The van der Waals surface area contributed by atoms with Crippen molar-refractivity contribution in [3.63, 3.8) is 0 Å². The number of hydrogen-bond acceptors (Lipinski definition) is 4. The average molecular weight is 354 g/mol. The molecule has 2 rings (SSSR count). The number of aromatic nitrogens is 1. The topological polar surface area (TPSA) is 94.0 Å². The standard InChI is InChI=1S/C12H11IN4O/c13-7-2-1-3-8(6-7)16-12-9(14)4-5-10(17-12)11(15)18/h1-6H,14H2,(H2,15,18)(H,16,17). The summed E-state index contributed by atoms with van der Waals surface area (Å²) >= 11 is 2.21. The average Bonchev–Trinajstić information content (AvgIpc) is 2.31. The van der Waals surface area contributed by atoms with Gasteiger partial charge in [-0.15, -0.1) is 0 Å². The van der Waals surface area contributed by atoms with Crippen LogP contribution in [0.1, 0.15) is 10.5 Å². The van der Waals surface area contributed by atoms with Gasteiger partial charge >= 0.3 is 0 Å². The smallest absolute Gasteiger partial charge is 0.267 e. The SMILES string of the molecule is NC(=O)c1ccc(N)c(Nc2cccc(I)c2)n1. The quantitative estimate of drug-likeness (QED) is 0.736. The van der Waals surface area contributed by atoms with Crippen molar-refractivity contribution in [3.8, 4) is 0 Å². The molecule has 5 N–H and O–H groups in total. The van der Waals surface area contributed by atoms with Gasteiger partial charge in [0.15, 0.2) is 5.82 Å². The van der Waals surface area contributed by atoms with E-state index in [0.717, 1.165) is 9.26 Å².